The average Bonchev–Trinajstić information content (AvgIpc) is 2.40. The van der Waals surface area contributed by atoms with E-state index in [4.69, 9.17) is 10.8 Å². The number of pyridine rings is 1. The maximum atomic E-state index is 11.8. The Labute approximate surface area is 104 Å². The largest absolute Gasteiger partial charge is 0.392 e. The van der Waals surface area contributed by atoms with Crippen LogP contribution in [0.15, 0.2) is 42.6 Å². The van der Waals surface area contributed by atoms with Crippen molar-refractivity contribution in [2.45, 2.75) is 6.61 Å². The van der Waals surface area contributed by atoms with Crippen LogP contribution in [-0.2, 0) is 6.61 Å². The van der Waals surface area contributed by atoms with Crippen molar-refractivity contribution in [3.8, 4) is 0 Å². The van der Waals surface area contributed by atoms with Crippen LogP contribution in [-0.4, -0.2) is 16.0 Å². The smallest absolute Gasteiger partial charge is 0.257 e. The molecule has 5 nitrogen and oxygen atoms in total. The zero-order chi connectivity index (χ0) is 13.0. The van der Waals surface area contributed by atoms with Crippen LogP contribution in [0.2, 0.25) is 0 Å². The molecule has 1 aromatic carbocycles. The van der Waals surface area contributed by atoms with Gasteiger partial charge in [0.15, 0.2) is 0 Å². The van der Waals surface area contributed by atoms with Crippen molar-refractivity contribution in [1.82, 2.24) is 4.98 Å². The van der Waals surface area contributed by atoms with Gasteiger partial charge in [0.05, 0.1) is 12.2 Å². The van der Waals surface area contributed by atoms with E-state index in [1.165, 1.54) is 6.20 Å². The first-order chi connectivity index (χ1) is 8.69. The summed E-state index contributed by atoms with van der Waals surface area (Å²) in [7, 11) is 0. The normalized spacial score (nSPS) is 10.1. The molecule has 92 valence electrons. The molecule has 0 atom stereocenters. The Morgan fingerprint density at radius 3 is 2.50 bits per heavy atom. The van der Waals surface area contributed by atoms with Gasteiger partial charge in [0, 0.05) is 11.9 Å². The van der Waals surface area contributed by atoms with Crippen molar-refractivity contribution in [2.75, 3.05) is 11.1 Å². The molecule has 4 N–H and O–H groups in total. The van der Waals surface area contributed by atoms with Gasteiger partial charge >= 0.3 is 0 Å². The fourth-order valence-corrected chi connectivity index (χ4v) is 1.44. The SMILES string of the molecule is Nc1ccc(C(=O)Nc2ccc(CO)cc2)cn1. The van der Waals surface area contributed by atoms with Crippen LogP contribution in [0.5, 0.6) is 0 Å². The van der Waals surface area contributed by atoms with Gasteiger partial charge in [-0.1, -0.05) is 12.1 Å². The molecule has 0 aliphatic heterocycles. The number of hydrogen-bond donors (Lipinski definition) is 3. The molecule has 0 unspecified atom stereocenters. The third-order valence-corrected chi connectivity index (χ3v) is 2.44. The Hall–Kier alpha value is -2.40. The molecular weight excluding hydrogens is 230 g/mol. The number of anilines is 2. The van der Waals surface area contributed by atoms with Gasteiger partial charge in [-0.05, 0) is 29.8 Å². The highest BCUT2D eigenvalue weighted by atomic mass is 16.3. The van der Waals surface area contributed by atoms with Crippen LogP contribution >= 0.6 is 0 Å². The lowest BCUT2D eigenvalue weighted by molar-refractivity contribution is 0.102. The number of aromatic nitrogens is 1. The molecule has 0 saturated carbocycles. The molecule has 1 aromatic heterocycles. The van der Waals surface area contributed by atoms with Crippen molar-refractivity contribution >= 4 is 17.4 Å². The summed E-state index contributed by atoms with van der Waals surface area (Å²) in [6, 6.07) is 10.1. The second kappa shape index (κ2) is 5.29. The third-order valence-electron chi connectivity index (χ3n) is 2.44. The van der Waals surface area contributed by atoms with Gasteiger partial charge in [0.25, 0.3) is 5.91 Å². The van der Waals surface area contributed by atoms with E-state index in [1.807, 2.05) is 0 Å². The van der Waals surface area contributed by atoms with Crippen LogP contribution in [0.4, 0.5) is 11.5 Å². The Balaban J connectivity index is 2.08. The topological polar surface area (TPSA) is 88.2 Å². The summed E-state index contributed by atoms with van der Waals surface area (Å²) in [5.41, 5.74) is 7.34. The van der Waals surface area contributed by atoms with Crippen LogP contribution in [0.3, 0.4) is 0 Å². The second-order valence-corrected chi connectivity index (χ2v) is 3.78. The van der Waals surface area contributed by atoms with Crippen LogP contribution in [0, 0.1) is 0 Å². The van der Waals surface area contributed by atoms with Gasteiger partial charge in [-0.25, -0.2) is 4.98 Å². The van der Waals surface area contributed by atoms with Crippen molar-refractivity contribution in [2.24, 2.45) is 0 Å². The number of aliphatic hydroxyl groups is 1. The Morgan fingerprint density at radius 1 is 1.22 bits per heavy atom. The van der Waals surface area contributed by atoms with E-state index in [-0.39, 0.29) is 12.5 Å². The number of nitrogens with zero attached hydrogens (tertiary/aromatic N) is 1. The van der Waals surface area contributed by atoms with E-state index in [9.17, 15) is 4.79 Å². The van der Waals surface area contributed by atoms with Crippen molar-refractivity contribution in [3.63, 3.8) is 0 Å². The lowest BCUT2D eigenvalue weighted by Gasteiger charge is -2.05. The Morgan fingerprint density at radius 2 is 1.94 bits per heavy atom. The summed E-state index contributed by atoms with van der Waals surface area (Å²) in [5.74, 6) is 0.123. The van der Waals surface area contributed by atoms with Crippen LogP contribution in [0.25, 0.3) is 0 Å². The molecule has 1 heterocycles. The molecule has 5 heteroatoms. The number of aliphatic hydroxyl groups excluding tert-OH is 1. The number of carbonyl (C=O) groups excluding carboxylic acids is 1. The molecule has 0 bridgehead atoms. The fraction of sp³-hybridized carbons (Fsp3) is 0.0769. The number of nitrogens with one attached hydrogen (secondary N) is 1. The third kappa shape index (κ3) is 2.83. The maximum Gasteiger partial charge on any atom is 0.257 e. The summed E-state index contributed by atoms with van der Waals surface area (Å²) < 4.78 is 0. The first kappa shape index (κ1) is 12.1. The zero-order valence-corrected chi connectivity index (χ0v) is 9.63. The van der Waals surface area contributed by atoms with E-state index in [0.717, 1.165) is 5.56 Å². The molecule has 0 aliphatic carbocycles. The summed E-state index contributed by atoms with van der Waals surface area (Å²) >= 11 is 0. The quantitative estimate of drug-likeness (QED) is 0.760. The molecule has 2 aromatic rings. The van der Waals surface area contributed by atoms with Crippen molar-refractivity contribution < 1.29 is 9.90 Å². The summed E-state index contributed by atoms with van der Waals surface area (Å²) in [6.45, 7) is -0.0177. The highest BCUT2D eigenvalue weighted by Gasteiger charge is 2.06. The van der Waals surface area contributed by atoms with Crippen molar-refractivity contribution in [1.29, 1.82) is 0 Å². The number of rotatable bonds is 3. The van der Waals surface area contributed by atoms with E-state index in [1.54, 1.807) is 36.4 Å². The maximum absolute atomic E-state index is 11.8. The van der Waals surface area contributed by atoms with E-state index >= 15 is 0 Å². The monoisotopic (exact) mass is 243 g/mol. The number of benzene rings is 1. The van der Waals surface area contributed by atoms with Gasteiger partial charge in [-0.2, -0.15) is 0 Å². The van der Waals surface area contributed by atoms with E-state index < -0.39 is 0 Å². The summed E-state index contributed by atoms with van der Waals surface area (Å²) in [6.07, 6.45) is 1.42. The number of hydrogen-bond acceptors (Lipinski definition) is 4. The van der Waals surface area contributed by atoms with Gasteiger partial charge in [-0.3, -0.25) is 4.79 Å². The minimum absolute atomic E-state index is 0.0177. The predicted molar refractivity (Wildman–Crippen MR) is 69.0 cm³/mol. The molecule has 0 saturated heterocycles. The highest BCUT2D eigenvalue weighted by Crippen LogP contribution is 2.11. The number of amides is 1. The summed E-state index contributed by atoms with van der Waals surface area (Å²) in [5, 5.41) is 11.6. The minimum atomic E-state index is -0.251. The molecule has 0 radical (unpaired) electrons. The lowest BCUT2D eigenvalue weighted by Crippen LogP contribution is -2.12. The average molecular weight is 243 g/mol. The molecule has 1 amide bonds. The van der Waals surface area contributed by atoms with Gasteiger partial charge < -0.3 is 16.2 Å². The van der Waals surface area contributed by atoms with Crippen LogP contribution < -0.4 is 11.1 Å². The number of nitrogen functional groups attached to an aromatic ring is 1. The van der Waals surface area contributed by atoms with E-state index in [0.29, 0.717) is 17.1 Å². The fourth-order valence-electron chi connectivity index (χ4n) is 1.44. The van der Waals surface area contributed by atoms with Gasteiger partial charge in [0.2, 0.25) is 0 Å². The Bertz CT molecular complexity index is 535. The molecule has 0 aliphatic rings. The van der Waals surface area contributed by atoms with Crippen LogP contribution in [0.1, 0.15) is 15.9 Å². The standard InChI is InChI=1S/C13H13N3O2/c14-12-6-3-10(7-15-12)13(18)16-11-4-1-9(8-17)2-5-11/h1-7,17H,8H2,(H2,14,15)(H,16,18). The van der Waals surface area contributed by atoms with Gasteiger partial charge in [0.1, 0.15) is 5.82 Å². The lowest BCUT2D eigenvalue weighted by atomic mass is 10.2. The number of nitrogens with two attached hydrogens (primary N) is 1. The first-order valence-electron chi connectivity index (χ1n) is 5.42. The van der Waals surface area contributed by atoms with Crippen molar-refractivity contribution in [3.05, 3.63) is 53.7 Å². The summed E-state index contributed by atoms with van der Waals surface area (Å²) in [4.78, 5) is 15.7. The molecule has 18 heavy (non-hydrogen) atoms. The molecular formula is C13H13N3O2. The molecule has 0 spiro atoms. The molecule has 0 fully saturated rings. The second-order valence-electron chi connectivity index (χ2n) is 3.78. The van der Waals surface area contributed by atoms with Gasteiger partial charge in [-0.15, -0.1) is 0 Å². The Kier molecular flexibility index (Phi) is 3.54. The first-order valence-corrected chi connectivity index (χ1v) is 5.42. The highest BCUT2D eigenvalue weighted by molar-refractivity contribution is 6.04. The number of carbonyl (C=O) groups is 1. The zero-order valence-electron chi connectivity index (χ0n) is 9.63. The predicted octanol–water partition coefficient (Wildman–Crippen LogP) is 1.41. The minimum Gasteiger partial charge on any atom is -0.392 e. The molecule has 2 rings (SSSR count). The van der Waals surface area contributed by atoms with E-state index in [2.05, 4.69) is 10.3 Å².